The fourth-order valence-electron chi connectivity index (χ4n) is 2.47. The zero-order chi connectivity index (χ0) is 18.2. The van der Waals surface area contributed by atoms with Gasteiger partial charge in [0.05, 0.1) is 6.04 Å². The lowest BCUT2D eigenvalue weighted by atomic mass is 10.00. The van der Waals surface area contributed by atoms with Crippen molar-refractivity contribution >= 4 is 11.9 Å². The Balaban J connectivity index is 1.82. The number of aromatic nitrogens is 1. The second-order valence-electron chi connectivity index (χ2n) is 6.42. The number of carbonyl (C=O) groups is 2. The largest absolute Gasteiger partial charge is 0.451 e. The molecule has 0 unspecified atom stereocenters. The summed E-state index contributed by atoms with van der Waals surface area (Å²) in [6, 6.07) is 13.0. The first-order valence-electron chi connectivity index (χ1n) is 8.42. The highest BCUT2D eigenvalue weighted by molar-refractivity contribution is 5.89. The number of hydrogen-bond acceptors (Lipinski definition) is 4. The summed E-state index contributed by atoms with van der Waals surface area (Å²) in [5.74, 6) is -0.346. The maximum absolute atomic E-state index is 12.0. The third-order valence-electron chi connectivity index (χ3n) is 3.71. The fraction of sp³-hybridized carbons (Fsp3) is 0.350. The zero-order valence-corrected chi connectivity index (χ0v) is 14.9. The third kappa shape index (κ3) is 6.03. The van der Waals surface area contributed by atoms with Gasteiger partial charge in [0.2, 0.25) is 0 Å². The second kappa shape index (κ2) is 8.97. The summed E-state index contributed by atoms with van der Waals surface area (Å²) in [6.07, 6.45) is 2.53. The van der Waals surface area contributed by atoms with E-state index in [0.29, 0.717) is 5.92 Å². The van der Waals surface area contributed by atoms with Crippen LogP contribution >= 0.6 is 0 Å². The molecule has 0 aliphatic rings. The fourth-order valence-corrected chi connectivity index (χ4v) is 2.47. The van der Waals surface area contributed by atoms with E-state index in [-0.39, 0.29) is 24.2 Å². The molecular weight excluding hydrogens is 316 g/mol. The molecule has 0 saturated carbocycles. The standard InChI is InChI=1S/C20H24N2O3/c1-14(2)12-16-7-9-17(10-8-16)15(3)22-19(23)13-25-20(24)18-6-4-5-11-21-18/h4-11,14-15H,12-13H2,1-3H3,(H,22,23)/t15-/m0/s1. The Labute approximate surface area is 148 Å². The lowest BCUT2D eigenvalue weighted by Crippen LogP contribution is -2.31. The molecule has 25 heavy (non-hydrogen) atoms. The topological polar surface area (TPSA) is 68.3 Å². The van der Waals surface area contributed by atoms with Crippen molar-refractivity contribution in [3.05, 3.63) is 65.5 Å². The van der Waals surface area contributed by atoms with E-state index in [9.17, 15) is 9.59 Å². The molecular formula is C20H24N2O3. The van der Waals surface area contributed by atoms with Crippen molar-refractivity contribution in [1.29, 1.82) is 0 Å². The number of pyridine rings is 1. The van der Waals surface area contributed by atoms with Crippen LogP contribution in [-0.4, -0.2) is 23.5 Å². The van der Waals surface area contributed by atoms with Crippen LogP contribution in [0.3, 0.4) is 0 Å². The molecule has 1 atom stereocenters. The van der Waals surface area contributed by atoms with Gasteiger partial charge in [0.1, 0.15) is 5.69 Å². The number of amides is 1. The smallest absolute Gasteiger partial charge is 0.357 e. The van der Waals surface area contributed by atoms with Crippen LogP contribution in [0, 0.1) is 5.92 Å². The van der Waals surface area contributed by atoms with Crippen molar-refractivity contribution in [3.63, 3.8) is 0 Å². The minimum Gasteiger partial charge on any atom is -0.451 e. The van der Waals surface area contributed by atoms with Gasteiger partial charge in [-0.25, -0.2) is 9.78 Å². The first-order chi connectivity index (χ1) is 12.0. The summed E-state index contributed by atoms with van der Waals surface area (Å²) < 4.78 is 4.98. The van der Waals surface area contributed by atoms with Crippen LogP contribution in [0.5, 0.6) is 0 Å². The van der Waals surface area contributed by atoms with Gasteiger partial charge < -0.3 is 10.1 Å². The van der Waals surface area contributed by atoms with Crippen LogP contribution in [0.4, 0.5) is 0 Å². The monoisotopic (exact) mass is 340 g/mol. The molecule has 0 spiro atoms. The molecule has 132 valence electrons. The lowest BCUT2D eigenvalue weighted by Gasteiger charge is -2.15. The lowest BCUT2D eigenvalue weighted by molar-refractivity contribution is -0.124. The minimum atomic E-state index is -0.610. The van der Waals surface area contributed by atoms with E-state index >= 15 is 0 Å². The van der Waals surface area contributed by atoms with E-state index in [1.807, 2.05) is 19.1 Å². The summed E-state index contributed by atoms with van der Waals surface area (Å²) in [6.45, 7) is 5.94. The van der Waals surface area contributed by atoms with E-state index in [0.717, 1.165) is 12.0 Å². The third-order valence-corrected chi connectivity index (χ3v) is 3.71. The van der Waals surface area contributed by atoms with Gasteiger partial charge in [-0.05, 0) is 42.5 Å². The maximum Gasteiger partial charge on any atom is 0.357 e. The van der Waals surface area contributed by atoms with Gasteiger partial charge in [-0.1, -0.05) is 44.2 Å². The SMILES string of the molecule is CC(C)Cc1ccc([C@H](C)NC(=O)COC(=O)c2ccccn2)cc1. The molecule has 0 bridgehead atoms. The summed E-state index contributed by atoms with van der Waals surface area (Å²) >= 11 is 0. The van der Waals surface area contributed by atoms with Gasteiger partial charge in [-0.15, -0.1) is 0 Å². The number of esters is 1. The summed E-state index contributed by atoms with van der Waals surface area (Å²) in [4.78, 5) is 27.6. The molecule has 0 aliphatic carbocycles. The highest BCUT2D eigenvalue weighted by Gasteiger charge is 2.13. The molecule has 0 radical (unpaired) electrons. The molecule has 5 nitrogen and oxygen atoms in total. The van der Waals surface area contributed by atoms with Gasteiger partial charge in [-0.2, -0.15) is 0 Å². The van der Waals surface area contributed by atoms with E-state index in [2.05, 4.69) is 36.3 Å². The van der Waals surface area contributed by atoms with Crippen LogP contribution < -0.4 is 5.32 Å². The second-order valence-corrected chi connectivity index (χ2v) is 6.42. The van der Waals surface area contributed by atoms with Crippen molar-refractivity contribution in [2.75, 3.05) is 6.61 Å². The number of benzene rings is 1. The summed E-state index contributed by atoms with van der Waals surface area (Å²) in [7, 11) is 0. The first kappa shape index (κ1) is 18.6. The Kier molecular flexibility index (Phi) is 6.69. The average Bonchev–Trinajstić information content (AvgIpc) is 2.60. The Hall–Kier alpha value is -2.69. The Morgan fingerprint density at radius 2 is 1.80 bits per heavy atom. The van der Waals surface area contributed by atoms with Crippen molar-refractivity contribution < 1.29 is 14.3 Å². The van der Waals surface area contributed by atoms with Crippen molar-refractivity contribution in [2.45, 2.75) is 33.2 Å². The average molecular weight is 340 g/mol. The van der Waals surface area contributed by atoms with Crippen LogP contribution in [-0.2, 0) is 16.0 Å². The van der Waals surface area contributed by atoms with Gasteiger partial charge in [-0.3, -0.25) is 4.79 Å². The number of ether oxygens (including phenoxy) is 1. The van der Waals surface area contributed by atoms with Gasteiger partial charge in [0.25, 0.3) is 5.91 Å². The first-order valence-corrected chi connectivity index (χ1v) is 8.42. The van der Waals surface area contributed by atoms with Crippen molar-refractivity contribution in [2.24, 2.45) is 5.92 Å². The van der Waals surface area contributed by atoms with E-state index in [4.69, 9.17) is 4.74 Å². The molecule has 1 amide bonds. The van der Waals surface area contributed by atoms with E-state index < -0.39 is 5.97 Å². The van der Waals surface area contributed by atoms with Crippen LogP contribution in [0.25, 0.3) is 0 Å². The molecule has 5 heteroatoms. The van der Waals surface area contributed by atoms with E-state index in [1.54, 1.807) is 18.2 Å². The Morgan fingerprint density at radius 1 is 1.08 bits per heavy atom. The molecule has 1 aromatic carbocycles. The number of nitrogens with zero attached hydrogens (tertiary/aromatic N) is 1. The summed E-state index contributed by atoms with van der Waals surface area (Å²) in [5, 5.41) is 2.83. The van der Waals surface area contributed by atoms with Gasteiger partial charge in [0, 0.05) is 6.20 Å². The Bertz CT molecular complexity index is 697. The number of nitrogens with one attached hydrogen (secondary N) is 1. The number of hydrogen-bond donors (Lipinski definition) is 1. The molecule has 0 saturated heterocycles. The normalized spacial score (nSPS) is 11.8. The molecule has 1 heterocycles. The van der Waals surface area contributed by atoms with Crippen molar-refractivity contribution in [1.82, 2.24) is 10.3 Å². The highest BCUT2D eigenvalue weighted by Crippen LogP contribution is 2.15. The number of rotatable bonds is 7. The Morgan fingerprint density at radius 3 is 2.40 bits per heavy atom. The molecule has 2 aromatic rings. The molecule has 0 fully saturated rings. The highest BCUT2D eigenvalue weighted by atomic mass is 16.5. The quantitative estimate of drug-likeness (QED) is 0.785. The molecule has 2 rings (SSSR count). The van der Waals surface area contributed by atoms with Gasteiger partial charge in [0.15, 0.2) is 6.61 Å². The predicted molar refractivity (Wildman–Crippen MR) is 96.1 cm³/mol. The minimum absolute atomic E-state index is 0.158. The summed E-state index contributed by atoms with van der Waals surface area (Å²) in [5.41, 5.74) is 2.47. The van der Waals surface area contributed by atoms with Crippen LogP contribution in [0.1, 0.15) is 48.4 Å². The zero-order valence-electron chi connectivity index (χ0n) is 14.9. The molecule has 1 aromatic heterocycles. The molecule has 0 aliphatic heterocycles. The van der Waals surface area contributed by atoms with Crippen molar-refractivity contribution in [3.8, 4) is 0 Å². The van der Waals surface area contributed by atoms with Crippen LogP contribution in [0.15, 0.2) is 48.7 Å². The van der Waals surface area contributed by atoms with Crippen LogP contribution in [0.2, 0.25) is 0 Å². The van der Waals surface area contributed by atoms with Gasteiger partial charge >= 0.3 is 5.97 Å². The molecule has 1 N–H and O–H groups in total. The van der Waals surface area contributed by atoms with E-state index in [1.165, 1.54) is 11.8 Å². The predicted octanol–water partition coefficient (Wildman–Crippen LogP) is 3.31. The maximum atomic E-state index is 12.0. The number of carbonyl (C=O) groups excluding carboxylic acids is 2.